The van der Waals surface area contributed by atoms with Gasteiger partial charge in [-0.15, -0.1) is 0 Å². The summed E-state index contributed by atoms with van der Waals surface area (Å²) >= 11 is 0. The maximum Gasteiger partial charge on any atom is 0.261 e. The van der Waals surface area contributed by atoms with Gasteiger partial charge in [-0.1, -0.05) is 24.3 Å². The van der Waals surface area contributed by atoms with Crippen LogP contribution in [0.3, 0.4) is 0 Å². The van der Waals surface area contributed by atoms with E-state index in [1.54, 1.807) is 31.4 Å². The number of methoxy groups -OCH3 is 1. The molecule has 0 unspecified atom stereocenters. The van der Waals surface area contributed by atoms with Crippen molar-refractivity contribution in [1.82, 2.24) is 9.80 Å². The number of imide groups is 1. The summed E-state index contributed by atoms with van der Waals surface area (Å²) in [6.07, 6.45) is 4.01. The highest BCUT2D eigenvalue weighted by Gasteiger charge is 2.34. The van der Waals surface area contributed by atoms with Crippen molar-refractivity contribution in [3.63, 3.8) is 0 Å². The first-order valence-electron chi connectivity index (χ1n) is 10.7. The lowest BCUT2D eigenvalue weighted by Gasteiger charge is -2.33. The van der Waals surface area contributed by atoms with Crippen molar-refractivity contribution < 1.29 is 14.3 Å². The number of nitrogens with one attached hydrogen (secondary N) is 1. The minimum atomic E-state index is -0.154. The van der Waals surface area contributed by atoms with Gasteiger partial charge in [0.25, 0.3) is 11.8 Å². The Morgan fingerprint density at radius 2 is 1.50 bits per heavy atom. The number of benzene rings is 2. The molecule has 0 aromatic heterocycles. The van der Waals surface area contributed by atoms with Gasteiger partial charge < -0.3 is 15.0 Å². The van der Waals surface area contributed by atoms with Crippen molar-refractivity contribution in [2.75, 3.05) is 38.6 Å². The molecule has 0 spiro atoms. The first-order chi connectivity index (χ1) is 14.7. The van der Waals surface area contributed by atoms with Gasteiger partial charge in [0.1, 0.15) is 5.75 Å². The molecule has 4 rings (SSSR count). The number of likely N-dealkylation sites (tertiary alicyclic amines) is 1. The molecule has 6 heteroatoms. The van der Waals surface area contributed by atoms with E-state index in [0.717, 1.165) is 56.8 Å². The van der Waals surface area contributed by atoms with Crippen LogP contribution in [-0.2, 0) is 0 Å². The van der Waals surface area contributed by atoms with Gasteiger partial charge in [0.15, 0.2) is 0 Å². The van der Waals surface area contributed by atoms with Crippen LogP contribution in [0.15, 0.2) is 48.5 Å². The second-order valence-electron chi connectivity index (χ2n) is 7.98. The molecule has 0 radical (unpaired) electrons. The molecule has 0 atom stereocenters. The third-order valence-electron chi connectivity index (χ3n) is 6.04. The normalized spacial score (nSPS) is 17.3. The standard InChI is InChI=1S/C24H29N3O3/c1-30-22-11-5-4-10-21(22)25-18-12-16-26(17-13-18)14-6-7-15-27-23(28)19-8-2-3-9-20(19)24(27)29/h2-5,8-11,18,25H,6-7,12-17H2,1H3. The summed E-state index contributed by atoms with van der Waals surface area (Å²) < 4.78 is 5.43. The Bertz CT molecular complexity index is 871. The number of piperidine rings is 1. The van der Waals surface area contributed by atoms with Gasteiger partial charge in [-0.3, -0.25) is 14.5 Å². The molecule has 158 valence electrons. The summed E-state index contributed by atoms with van der Waals surface area (Å²) in [4.78, 5) is 28.7. The van der Waals surface area contributed by atoms with Crippen LogP contribution in [0.5, 0.6) is 5.75 Å². The molecule has 1 N–H and O–H groups in total. The van der Waals surface area contributed by atoms with Crippen LogP contribution in [0.4, 0.5) is 5.69 Å². The molecule has 0 bridgehead atoms. The number of nitrogens with zero attached hydrogens (tertiary/aromatic N) is 2. The van der Waals surface area contributed by atoms with E-state index in [-0.39, 0.29) is 11.8 Å². The lowest BCUT2D eigenvalue weighted by molar-refractivity contribution is 0.0650. The van der Waals surface area contributed by atoms with Crippen molar-refractivity contribution in [3.8, 4) is 5.75 Å². The number of carbonyl (C=O) groups excluding carboxylic acids is 2. The second-order valence-corrected chi connectivity index (χ2v) is 7.98. The van der Waals surface area contributed by atoms with Crippen molar-refractivity contribution in [1.29, 1.82) is 0 Å². The Kier molecular flexibility index (Phi) is 6.33. The Morgan fingerprint density at radius 1 is 0.900 bits per heavy atom. The van der Waals surface area contributed by atoms with Crippen LogP contribution in [0.25, 0.3) is 0 Å². The van der Waals surface area contributed by atoms with Crippen molar-refractivity contribution in [2.45, 2.75) is 31.7 Å². The smallest absolute Gasteiger partial charge is 0.261 e. The maximum absolute atomic E-state index is 12.4. The van der Waals surface area contributed by atoms with Crippen LogP contribution in [0.2, 0.25) is 0 Å². The summed E-state index contributed by atoms with van der Waals surface area (Å²) in [5.41, 5.74) is 2.12. The highest BCUT2D eigenvalue weighted by molar-refractivity contribution is 6.21. The fourth-order valence-electron chi connectivity index (χ4n) is 4.33. The maximum atomic E-state index is 12.4. The molecule has 0 saturated carbocycles. The average molecular weight is 408 g/mol. The van der Waals surface area contributed by atoms with E-state index in [1.807, 2.05) is 18.2 Å². The van der Waals surface area contributed by atoms with Crippen LogP contribution >= 0.6 is 0 Å². The highest BCUT2D eigenvalue weighted by Crippen LogP contribution is 2.26. The minimum absolute atomic E-state index is 0.154. The fraction of sp³-hybridized carbons (Fsp3) is 0.417. The first-order valence-corrected chi connectivity index (χ1v) is 10.7. The zero-order valence-corrected chi connectivity index (χ0v) is 17.5. The predicted octanol–water partition coefficient (Wildman–Crippen LogP) is 3.65. The van der Waals surface area contributed by atoms with Gasteiger partial charge >= 0.3 is 0 Å². The van der Waals surface area contributed by atoms with Gasteiger partial charge in [-0.25, -0.2) is 0 Å². The zero-order valence-electron chi connectivity index (χ0n) is 17.5. The summed E-state index contributed by atoms with van der Waals surface area (Å²) in [7, 11) is 1.70. The Morgan fingerprint density at radius 3 is 2.17 bits per heavy atom. The quantitative estimate of drug-likeness (QED) is 0.535. The fourth-order valence-corrected chi connectivity index (χ4v) is 4.33. The van der Waals surface area contributed by atoms with Gasteiger partial charge in [-0.05, 0) is 56.5 Å². The van der Waals surface area contributed by atoms with Crippen molar-refractivity contribution >= 4 is 17.5 Å². The van der Waals surface area contributed by atoms with E-state index in [0.29, 0.717) is 23.7 Å². The Labute approximate surface area is 177 Å². The second kappa shape index (κ2) is 9.30. The number of carbonyl (C=O) groups is 2. The average Bonchev–Trinajstić information content (AvgIpc) is 3.03. The lowest BCUT2D eigenvalue weighted by atomic mass is 10.0. The summed E-state index contributed by atoms with van der Waals surface area (Å²) in [5, 5.41) is 3.61. The van der Waals surface area contributed by atoms with Crippen LogP contribution < -0.4 is 10.1 Å². The zero-order chi connectivity index (χ0) is 20.9. The third-order valence-corrected chi connectivity index (χ3v) is 6.04. The van der Waals surface area contributed by atoms with Crippen LogP contribution in [0, 0.1) is 0 Å². The van der Waals surface area contributed by atoms with E-state index < -0.39 is 0 Å². The molecule has 1 fully saturated rings. The number of ether oxygens (including phenoxy) is 1. The molecule has 1 saturated heterocycles. The van der Waals surface area contributed by atoms with Crippen LogP contribution in [-0.4, -0.2) is 60.9 Å². The molecular formula is C24H29N3O3. The predicted molar refractivity (Wildman–Crippen MR) is 117 cm³/mol. The van der Waals surface area contributed by atoms with Gasteiger partial charge in [0, 0.05) is 25.7 Å². The molecule has 0 aliphatic carbocycles. The van der Waals surface area contributed by atoms with E-state index in [4.69, 9.17) is 4.74 Å². The molecule has 2 aromatic rings. The molecule has 2 aliphatic heterocycles. The molecule has 2 aliphatic rings. The lowest BCUT2D eigenvalue weighted by Crippen LogP contribution is -2.39. The number of rotatable bonds is 8. The van der Waals surface area contributed by atoms with E-state index >= 15 is 0 Å². The number of hydrogen-bond acceptors (Lipinski definition) is 5. The van der Waals surface area contributed by atoms with E-state index in [9.17, 15) is 9.59 Å². The van der Waals surface area contributed by atoms with Crippen molar-refractivity contribution in [3.05, 3.63) is 59.7 Å². The number of unbranched alkanes of at least 4 members (excludes halogenated alkanes) is 1. The SMILES string of the molecule is COc1ccccc1NC1CCN(CCCCN2C(=O)c3ccccc3C2=O)CC1. The van der Waals surface area contributed by atoms with Crippen molar-refractivity contribution in [2.24, 2.45) is 0 Å². The minimum Gasteiger partial charge on any atom is -0.495 e. The first kappa shape index (κ1) is 20.4. The number of hydrogen-bond donors (Lipinski definition) is 1. The highest BCUT2D eigenvalue weighted by atomic mass is 16.5. The topological polar surface area (TPSA) is 61.9 Å². The van der Waals surface area contributed by atoms with Gasteiger partial charge in [0.2, 0.25) is 0 Å². The van der Waals surface area contributed by atoms with Gasteiger partial charge in [0.05, 0.1) is 23.9 Å². The molecule has 2 amide bonds. The van der Waals surface area contributed by atoms with E-state index in [2.05, 4.69) is 16.3 Å². The Balaban J connectivity index is 1.17. The number of amides is 2. The molecule has 30 heavy (non-hydrogen) atoms. The summed E-state index contributed by atoms with van der Waals surface area (Å²) in [6.45, 7) is 3.61. The third kappa shape index (κ3) is 4.33. The van der Waals surface area contributed by atoms with Gasteiger partial charge in [-0.2, -0.15) is 0 Å². The van der Waals surface area contributed by atoms with E-state index in [1.165, 1.54) is 4.90 Å². The molecular weight excluding hydrogens is 378 g/mol. The number of fused-ring (bicyclic) bond motifs is 1. The monoisotopic (exact) mass is 407 g/mol. The summed E-state index contributed by atoms with van der Waals surface area (Å²) in [5.74, 6) is 0.575. The Hall–Kier alpha value is -2.86. The summed E-state index contributed by atoms with van der Waals surface area (Å²) in [6, 6.07) is 15.6. The largest absolute Gasteiger partial charge is 0.495 e. The number of anilines is 1. The van der Waals surface area contributed by atoms with Crippen LogP contribution in [0.1, 0.15) is 46.4 Å². The molecule has 2 heterocycles. The number of para-hydroxylation sites is 2. The molecule has 6 nitrogen and oxygen atoms in total. The molecule has 2 aromatic carbocycles.